The SMILES string of the molecule is [N-]=[N+]=NCCCC(=O)Oc1ccc(CI)cc1. The van der Waals surface area contributed by atoms with E-state index >= 15 is 0 Å². The summed E-state index contributed by atoms with van der Waals surface area (Å²) in [6, 6.07) is 7.41. The van der Waals surface area contributed by atoms with Crippen molar-refractivity contribution < 1.29 is 9.53 Å². The first kappa shape index (κ1) is 13.8. The molecule has 5 nitrogen and oxygen atoms in total. The lowest BCUT2D eigenvalue weighted by Gasteiger charge is -2.04. The predicted octanol–water partition coefficient (Wildman–Crippen LogP) is 3.62. The Hall–Kier alpha value is -1.27. The number of halogens is 1. The summed E-state index contributed by atoms with van der Waals surface area (Å²) in [4.78, 5) is 14.0. The zero-order chi connectivity index (χ0) is 12.5. The van der Waals surface area contributed by atoms with Gasteiger partial charge in [-0.25, -0.2) is 0 Å². The molecule has 1 rings (SSSR count). The van der Waals surface area contributed by atoms with Crippen molar-refractivity contribution in [3.8, 4) is 5.75 Å². The maximum absolute atomic E-state index is 11.4. The summed E-state index contributed by atoms with van der Waals surface area (Å²) in [5, 5.41) is 3.35. The lowest BCUT2D eigenvalue weighted by Crippen LogP contribution is -2.07. The molecular weight excluding hydrogens is 333 g/mol. The van der Waals surface area contributed by atoms with Crippen LogP contribution in [0.3, 0.4) is 0 Å². The number of carbonyl (C=O) groups is 1. The minimum Gasteiger partial charge on any atom is -0.427 e. The van der Waals surface area contributed by atoms with Gasteiger partial charge < -0.3 is 4.74 Å². The average Bonchev–Trinajstić information content (AvgIpc) is 2.36. The number of alkyl halides is 1. The Balaban J connectivity index is 2.36. The number of carbonyl (C=O) groups excluding carboxylic acids is 1. The second kappa shape index (κ2) is 7.92. The Morgan fingerprint density at radius 1 is 1.41 bits per heavy atom. The molecule has 1 aromatic carbocycles. The van der Waals surface area contributed by atoms with Crippen LogP contribution >= 0.6 is 22.6 Å². The number of hydrogen-bond donors (Lipinski definition) is 0. The third kappa shape index (κ3) is 5.55. The van der Waals surface area contributed by atoms with Gasteiger partial charge in [0.1, 0.15) is 5.75 Å². The number of benzene rings is 1. The molecule has 0 aliphatic rings. The van der Waals surface area contributed by atoms with Crippen molar-refractivity contribution in [2.45, 2.75) is 17.3 Å². The number of hydrogen-bond acceptors (Lipinski definition) is 3. The Bertz CT molecular complexity index is 413. The van der Waals surface area contributed by atoms with E-state index < -0.39 is 0 Å². The van der Waals surface area contributed by atoms with Crippen molar-refractivity contribution in [3.63, 3.8) is 0 Å². The topological polar surface area (TPSA) is 75.1 Å². The molecule has 0 saturated carbocycles. The highest BCUT2D eigenvalue weighted by Crippen LogP contribution is 2.15. The molecule has 0 spiro atoms. The molecule has 90 valence electrons. The van der Waals surface area contributed by atoms with Gasteiger partial charge in [0.15, 0.2) is 0 Å². The molecule has 0 aliphatic heterocycles. The second-order valence-electron chi connectivity index (χ2n) is 3.31. The van der Waals surface area contributed by atoms with Crippen molar-refractivity contribution in [3.05, 3.63) is 40.3 Å². The van der Waals surface area contributed by atoms with Crippen molar-refractivity contribution in [1.82, 2.24) is 0 Å². The number of rotatable bonds is 6. The van der Waals surface area contributed by atoms with Crippen LogP contribution in [-0.4, -0.2) is 12.5 Å². The molecule has 6 heteroatoms. The van der Waals surface area contributed by atoms with Gasteiger partial charge >= 0.3 is 5.97 Å². The Morgan fingerprint density at radius 3 is 2.71 bits per heavy atom. The molecule has 0 fully saturated rings. The van der Waals surface area contributed by atoms with Crippen LogP contribution in [0.5, 0.6) is 5.75 Å². The van der Waals surface area contributed by atoms with E-state index in [1.807, 2.05) is 12.1 Å². The summed E-state index contributed by atoms with van der Waals surface area (Å²) in [6.45, 7) is 0.319. The zero-order valence-corrected chi connectivity index (χ0v) is 11.3. The van der Waals surface area contributed by atoms with Crippen molar-refractivity contribution in [1.29, 1.82) is 0 Å². The number of azide groups is 1. The van der Waals surface area contributed by atoms with Crippen LogP contribution in [0, 0.1) is 0 Å². The average molecular weight is 345 g/mol. The first-order valence-corrected chi connectivity index (χ1v) is 6.65. The van der Waals surface area contributed by atoms with E-state index in [9.17, 15) is 4.79 Å². The number of esters is 1. The third-order valence-electron chi connectivity index (χ3n) is 2.01. The molecule has 1 aromatic rings. The van der Waals surface area contributed by atoms with Gasteiger partial charge in [0.25, 0.3) is 0 Å². The van der Waals surface area contributed by atoms with Gasteiger partial charge in [0.05, 0.1) is 0 Å². The summed E-state index contributed by atoms with van der Waals surface area (Å²) < 4.78 is 6.05. The molecule has 0 heterocycles. The van der Waals surface area contributed by atoms with Gasteiger partial charge in [-0.1, -0.05) is 39.8 Å². The minimum atomic E-state index is -0.305. The molecular formula is C11H12IN3O2. The fourth-order valence-corrected chi connectivity index (χ4v) is 1.68. The van der Waals surface area contributed by atoms with Crippen LogP contribution in [-0.2, 0) is 9.22 Å². The molecule has 0 aliphatic carbocycles. The Morgan fingerprint density at radius 2 is 2.12 bits per heavy atom. The summed E-state index contributed by atoms with van der Waals surface area (Å²) in [5.74, 6) is 0.243. The normalized spacial score (nSPS) is 9.47. The van der Waals surface area contributed by atoms with Crippen LogP contribution in [0.15, 0.2) is 29.4 Å². The molecule has 17 heavy (non-hydrogen) atoms. The smallest absolute Gasteiger partial charge is 0.311 e. The van der Waals surface area contributed by atoms with E-state index in [4.69, 9.17) is 10.3 Å². The van der Waals surface area contributed by atoms with E-state index in [1.54, 1.807) is 12.1 Å². The molecule has 0 N–H and O–H groups in total. The minimum absolute atomic E-state index is 0.257. The zero-order valence-electron chi connectivity index (χ0n) is 9.17. The van der Waals surface area contributed by atoms with Crippen molar-refractivity contribution in [2.75, 3.05) is 6.54 Å². The molecule has 0 unspecified atom stereocenters. The molecule has 0 aromatic heterocycles. The van der Waals surface area contributed by atoms with Gasteiger partial charge in [0.2, 0.25) is 0 Å². The quantitative estimate of drug-likeness (QED) is 0.115. The van der Waals surface area contributed by atoms with Crippen molar-refractivity contribution >= 4 is 28.6 Å². The fraction of sp³-hybridized carbons (Fsp3) is 0.364. The highest BCUT2D eigenvalue weighted by molar-refractivity contribution is 14.1. The molecule has 0 bridgehead atoms. The number of nitrogens with zero attached hydrogens (tertiary/aromatic N) is 3. The maximum atomic E-state index is 11.4. The van der Waals surface area contributed by atoms with E-state index in [1.165, 1.54) is 5.56 Å². The Kier molecular flexibility index (Phi) is 6.42. The largest absolute Gasteiger partial charge is 0.427 e. The van der Waals surface area contributed by atoms with Crippen LogP contribution in [0.2, 0.25) is 0 Å². The standard InChI is InChI=1S/C11H12IN3O2/c12-8-9-3-5-10(6-4-9)17-11(16)2-1-7-14-15-13/h3-6H,1-2,7-8H2. The van der Waals surface area contributed by atoms with Gasteiger partial charge in [0, 0.05) is 22.3 Å². The second-order valence-corrected chi connectivity index (χ2v) is 4.07. The van der Waals surface area contributed by atoms with Crippen LogP contribution in [0.25, 0.3) is 10.4 Å². The van der Waals surface area contributed by atoms with E-state index in [0.717, 1.165) is 4.43 Å². The highest BCUT2D eigenvalue weighted by atomic mass is 127. The Labute approximate surface area is 113 Å². The summed E-state index contributed by atoms with van der Waals surface area (Å²) in [6.07, 6.45) is 0.766. The summed E-state index contributed by atoms with van der Waals surface area (Å²) in [5.41, 5.74) is 9.25. The maximum Gasteiger partial charge on any atom is 0.311 e. The molecule has 0 saturated heterocycles. The number of ether oxygens (including phenoxy) is 1. The van der Waals surface area contributed by atoms with E-state index in [-0.39, 0.29) is 12.4 Å². The lowest BCUT2D eigenvalue weighted by atomic mass is 10.2. The predicted molar refractivity (Wildman–Crippen MR) is 73.0 cm³/mol. The van der Waals surface area contributed by atoms with E-state index in [2.05, 4.69) is 32.6 Å². The van der Waals surface area contributed by atoms with Crippen LogP contribution in [0.1, 0.15) is 18.4 Å². The van der Waals surface area contributed by atoms with Crippen LogP contribution in [0.4, 0.5) is 0 Å². The van der Waals surface area contributed by atoms with Gasteiger partial charge in [-0.15, -0.1) is 0 Å². The molecule has 0 amide bonds. The molecule has 0 radical (unpaired) electrons. The first-order chi connectivity index (χ1) is 8.26. The summed E-state index contributed by atoms with van der Waals surface area (Å²) in [7, 11) is 0. The van der Waals surface area contributed by atoms with Crippen molar-refractivity contribution in [2.24, 2.45) is 5.11 Å². The summed E-state index contributed by atoms with van der Waals surface area (Å²) >= 11 is 2.27. The monoisotopic (exact) mass is 345 g/mol. The highest BCUT2D eigenvalue weighted by Gasteiger charge is 2.03. The third-order valence-corrected chi connectivity index (χ3v) is 2.89. The van der Waals surface area contributed by atoms with Gasteiger partial charge in [-0.2, -0.15) is 0 Å². The molecule has 0 atom stereocenters. The fourth-order valence-electron chi connectivity index (χ4n) is 1.17. The van der Waals surface area contributed by atoms with Gasteiger partial charge in [-0.05, 0) is 29.6 Å². The van der Waals surface area contributed by atoms with Crippen LogP contribution < -0.4 is 4.74 Å². The lowest BCUT2D eigenvalue weighted by molar-refractivity contribution is -0.134. The van der Waals surface area contributed by atoms with Gasteiger partial charge in [-0.3, -0.25) is 4.79 Å². The first-order valence-electron chi connectivity index (χ1n) is 5.12. The van der Waals surface area contributed by atoms with E-state index in [0.29, 0.717) is 18.7 Å².